The largest absolute Gasteiger partial charge is 0.392 e. The molecule has 0 unspecified atom stereocenters. The van der Waals surface area contributed by atoms with Crippen molar-refractivity contribution in [2.24, 2.45) is 0 Å². The van der Waals surface area contributed by atoms with Crippen LogP contribution in [0.1, 0.15) is 5.56 Å². The van der Waals surface area contributed by atoms with Gasteiger partial charge < -0.3 is 5.11 Å². The molecular formula is C12H11N3O. The molecule has 0 atom stereocenters. The maximum atomic E-state index is 9.24. The van der Waals surface area contributed by atoms with Gasteiger partial charge in [-0.2, -0.15) is 5.10 Å². The van der Waals surface area contributed by atoms with E-state index in [1.54, 1.807) is 23.3 Å². The summed E-state index contributed by atoms with van der Waals surface area (Å²) < 4.78 is 1.64. The van der Waals surface area contributed by atoms with Crippen LogP contribution in [0.4, 0.5) is 0 Å². The van der Waals surface area contributed by atoms with E-state index in [1.807, 2.05) is 12.1 Å². The summed E-state index contributed by atoms with van der Waals surface area (Å²) in [7, 11) is 0. The Hall–Kier alpha value is -2.12. The molecule has 4 nitrogen and oxygen atoms in total. The van der Waals surface area contributed by atoms with Crippen molar-refractivity contribution >= 4 is 0 Å². The van der Waals surface area contributed by atoms with Crippen LogP contribution in [-0.2, 0) is 13.2 Å². The summed E-state index contributed by atoms with van der Waals surface area (Å²) in [4.78, 5) is 3.94. The fourth-order valence-corrected chi connectivity index (χ4v) is 1.51. The van der Waals surface area contributed by atoms with Gasteiger partial charge >= 0.3 is 0 Å². The highest BCUT2D eigenvalue weighted by Crippen LogP contribution is 2.21. The highest BCUT2D eigenvalue weighted by atomic mass is 16.3. The van der Waals surface area contributed by atoms with Gasteiger partial charge in [0.2, 0.25) is 0 Å². The fourth-order valence-electron chi connectivity index (χ4n) is 1.51. The molecule has 80 valence electrons. The van der Waals surface area contributed by atoms with Gasteiger partial charge in [0, 0.05) is 29.7 Å². The highest BCUT2D eigenvalue weighted by molar-refractivity contribution is 5.61. The van der Waals surface area contributed by atoms with Crippen LogP contribution in [0.2, 0.25) is 0 Å². The minimum absolute atomic E-state index is 0.0533. The molecule has 2 rings (SSSR count). The number of pyridine rings is 1. The number of nitrogens with zero attached hydrogens (tertiary/aromatic N) is 3. The topological polar surface area (TPSA) is 50.9 Å². The Balaban J connectivity index is 2.44. The molecule has 1 N–H and O–H groups in total. The maximum Gasteiger partial charge on any atom is 0.101 e. The van der Waals surface area contributed by atoms with E-state index < -0.39 is 0 Å². The van der Waals surface area contributed by atoms with Gasteiger partial charge in [0.1, 0.15) is 6.54 Å². The molecule has 0 saturated heterocycles. The van der Waals surface area contributed by atoms with Crippen molar-refractivity contribution in [2.75, 3.05) is 0 Å². The second kappa shape index (κ2) is 4.60. The van der Waals surface area contributed by atoms with Crippen LogP contribution in [-0.4, -0.2) is 19.9 Å². The Bertz CT molecular complexity index is 511. The number of aliphatic hydroxyl groups excluding tert-OH is 1. The summed E-state index contributed by atoms with van der Waals surface area (Å²) in [6.45, 7) is 0.348. The first-order valence-corrected chi connectivity index (χ1v) is 4.86. The van der Waals surface area contributed by atoms with Gasteiger partial charge in [0.15, 0.2) is 0 Å². The molecule has 0 amide bonds. The number of aromatic nitrogens is 3. The van der Waals surface area contributed by atoms with E-state index >= 15 is 0 Å². The Morgan fingerprint density at radius 1 is 1.38 bits per heavy atom. The molecule has 0 fully saturated rings. The van der Waals surface area contributed by atoms with E-state index in [-0.39, 0.29) is 6.61 Å². The summed E-state index contributed by atoms with van der Waals surface area (Å²) >= 11 is 0. The van der Waals surface area contributed by atoms with Gasteiger partial charge in [0.25, 0.3) is 0 Å². The Kier molecular flexibility index (Phi) is 2.99. The average molecular weight is 213 g/mol. The lowest BCUT2D eigenvalue weighted by Gasteiger charge is -1.97. The number of aliphatic hydroxyl groups is 1. The monoisotopic (exact) mass is 213 g/mol. The lowest BCUT2D eigenvalue weighted by Crippen LogP contribution is -1.95. The first-order chi connectivity index (χ1) is 7.85. The van der Waals surface area contributed by atoms with Crippen LogP contribution in [0.5, 0.6) is 0 Å². The molecule has 0 spiro atoms. The predicted octanol–water partition coefficient (Wildman–Crippen LogP) is 1.07. The van der Waals surface area contributed by atoms with Crippen molar-refractivity contribution in [3.8, 4) is 23.6 Å². The third-order valence-corrected chi connectivity index (χ3v) is 2.21. The van der Waals surface area contributed by atoms with Crippen LogP contribution in [0, 0.1) is 12.3 Å². The summed E-state index contributed by atoms with van der Waals surface area (Å²) in [5.41, 5.74) is 2.44. The van der Waals surface area contributed by atoms with E-state index in [9.17, 15) is 5.11 Å². The third kappa shape index (κ3) is 1.95. The molecule has 0 radical (unpaired) electrons. The SMILES string of the molecule is C#CCn1cc(CO)c(-c2ccncc2)n1. The van der Waals surface area contributed by atoms with Gasteiger partial charge in [-0.25, -0.2) is 0 Å². The summed E-state index contributed by atoms with van der Waals surface area (Å²) in [5.74, 6) is 2.51. The van der Waals surface area contributed by atoms with Crippen LogP contribution in [0.15, 0.2) is 30.7 Å². The number of hydrogen-bond donors (Lipinski definition) is 1. The highest BCUT2D eigenvalue weighted by Gasteiger charge is 2.09. The van der Waals surface area contributed by atoms with E-state index in [0.29, 0.717) is 6.54 Å². The van der Waals surface area contributed by atoms with Crippen LogP contribution in [0.25, 0.3) is 11.3 Å². The van der Waals surface area contributed by atoms with Gasteiger partial charge in [0.05, 0.1) is 12.3 Å². The smallest absolute Gasteiger partial charge is 0.101 e. The number of hydrogen-bond acceptors (Lipinski definition) is 3. The average Bonchev–Trinajstić information content (AvgIpc) is 2.74. The maximum absolute atomic E-state index is 9.24. The van der Waals surface area contributed by atoms with Crippen molar-refractivity contribution in [1.82, 2.24) is 14.8 Å². The molecule has 0 saturated carbocycles. The van der Waals surface area contributed by atoms with Gasteiger partial charge in [-0.3, -0.25) is 9.67 Å². The minimum atomic E-state index is -0.0533. The minimum Gasteiger partial charge on any atom is -0.392 e. The number of terminal acetylenes is 1. The molecule has 0 aliphatic rings. The lowest BCUT2D eigenvalue weighted by molar-refractivity contribution is 0.282. The normalized spacial score (nSPS) is 10.0. The van der Waals surface area contributed by atoms with Crippen LogP contribution >= 0.6 is 0 Å². The summed E-state index contributed by atoms with van der Waals surface area (Å²) in [6.07, 6.45) is 10.4. The van der Waals surface area contributed by atoms with E-state index in [1.165, 1.54) is 0 Å². The molecular weight excluding hydrogens is 202 g/mol. The first-order valence-electron chi connectivity index (χ1n) is 4.86. The molecule has 0 bridgehead atoms. The number of rotatable bonds is 3. The van der Waals surface area contributed by atoms with Gasteiger partial charge in [-0.15, -0.1) is 6.42 Å². The van der Waals surface area contributed by atoms with Gasteiger partial charge in [-0.05, 0) is 12.1 Å². The molecule has 4 heteroatoms. The van der Waals surface area contributed by atoms with Crippen molar-refractivity contribution in [2.45, 2.75) is 13.2 Å². The van der Waals surface area contributed by atoms with E-state index in [2.05, 4.69) is 16.0 Å². The van der Waals surface area contributed by atoms with Crippen molar-refractivity contribution < 1.29 is 5.11 Å². The standard InChI is InChI=1S/C12H11N3O/c1-2-7-15-8-11(9-16)12(14-15)10-3-5-13-6-4-10/h1,3-6,8,16H,7,9H2. The lowest BCUT2D eigenvalue weighted by atomic mass is 10.1. The second-order valence-electron chi connectivity index (χ2n) is 3.30. The van der Waals surface area contributed by atoms with Crippen LogP contribution in [0.3, 0.4) is 0 Å². The molecule has 2 aromatic heterocycles. The van der Waals surface area contributed by atoms with E-state index in [0.717, 1.165) is 16.8 Å². The zero-order chi connectivity index (χ0) is 11.4. The zero-order valence-electron chi connectivity index (χ0n) is 8.67. The first kappa shape index (κ1) is 10.4. The molecule has 2 heterocycles. The fraction of sp³-hybridized carbons (Fsp3) is 0.167. The van der Waals surface area contributed by atoms with Crippen LogP contribution < -0.4 is 0 Å². The quantitative estimate of drug-likeness (QED) is 0.776. The summed E-state index contributed by atoms with van der Waals surface area (Å²) in [6, 6.07) is 3.70. The molecule has 0 aliphatic heterocycles. The van der Waals surface area contributed by atoms with Gasteiger partial charge in [-0.1, -0.05) is 5.92 Å². The molecule has 2 aromatic rings. The molecule has 0 aliphatic carbocycles. The predicted molar refractivity (Wildman–Crippen MR) is 60.2 cm³/mol. The second-order valence-corrected chi connectivity index (χ2v) is 3.30. The van der Waals surface area contributed by atoms with Crippen molar-refractivity contribution in [1.29, 1.82) is 0 Å². The summed E-state index contributed by atoms with van der Waals surface area (Å²) in [5, 5.41) is 13.6. The Morgan fingerprint density at radius 3 is 2.75 bits per heavy atom. The van der Waals surface area contributed by atoms with Crippen molar-refractivity contribution in [3.05, 3.63) is 36.3 Å². The Morgan fingerprint density at radius 2 is 2.12 bits per heavy atom. The van der Waals surface area contributed by atoms with Crippen molar-refractivity contribution in [3.63, 3.8) is 0 Å². The Labute approximate surface area is 93.6 Å². The van der Waals surface area contributed by atoms with E-state index in [4.69, 9.17) is 6.42 Å². The third-order valence-electron chi connectivity index (χ3n) is 2.21. The zero-order valence-corrected chi connectivity index (χ0v) is 8.67. The molecule has 16 heavy (non-hydrogen) atoms. The molecule has 0 aromatic carbocycles.